The van der Waals surface area contributed by atoms with Crippen LogP contribution in [0.5, 0.6) is 5.75 Å². The molecule has 1 fully saturated rings. The number of rotatable bonds is 5. The third-order valence-electron chi connectivity index (χ3n) is 3.42. The number of piperidine rings is 1. The van der Waals surface area contributed by atoms with Gasteiger partial charge >= 0.3 is 5.69 Å². The minimum atomic E-state index is -0.491. The van der Waals surface area contributed by atoms with Gasteiger partial charge in [-0.3, -0.25) is 10.1 Å². The van der Waals surface area contributed by atoms with Gasteiger partial charge in [0.15, 0.2) is 5.75 Å². The van der Waals surface area contributed by atoms with Crippen LogP contribution in [0.3, 0.4) is 0 Å². The number of hydrogen-bond acceptors (Lipinski definition) is 5. The van der Waals surface area contributed by atoms with Gasteiger partial charge in [0.1, 0.15) is 0 Å². The van der Waals surface area contributed by atoms with Crippen LogP contribution >= 0.6 is 0 Å². The molecule has 0 radical (unpaired) electrons. The lowest BCUT2D eigenvalue weighted by Gasteiger charge is -2.23. The topological polar surface area (TPSA) is 88.2 Å². The molecule has 1 unspecified atom stereocenters. The van der Waals surface area contributed by atoms with E-state index >= 15 is 0 Å². The molecular weight excluding hydrogens is 258 g/mol. The molecule has 1 atom stereocenters. The van der Waals surface area contributed by atoms with E-state index in [0.717, 1.165) is 19.4 Å². The van der Waals surface area contributed by atoms with Crippen molar-refractivity contribution in [2.75, 3.05) is 13.2 Å². The van der Waals surface area contributed by atoms with E-state index in [1.54, 1.807) is 0 Å². The fraction of sp³-hybridized carbons (Fsp3) is 0.500. The SMILES string of the molecule is N#Cc1ccc([N+](=O)[O-])c(OCCC2CCCCN2)c1. The quantitative estimate of drug-likeness (QED) is 0.658. The van der Waals surface area contributed by atoms with Crippen LogP contribution in [0.1, 0.15) is 31.2 Å². The molecule has 1 aromatic rings. The molecule has 0 saturated carbocycles. The molecule has 6 heteroatoms. The molecule has 1 heterocycles. The van der Waals surface area contributed by atoms with Gasteiger partial charge in [0.2, 0.25) is 0 Å². The van der Waals surface area contributed by atoms with Crippen molar-refractivity contribution >= 4 is 5.69 Å². The maximum Gasteiger partial charge on any atom is 0.311 e. The third-order valence-corrected chi connectivity index (χ3v) is 3.42. The van der Waals surface area contributed by atoms with Gasteiger partial charge in [-0.1, -0.05) is 6.42 Å². The summed E-state index contributed by atoms with van der Waals surface area (Å²) in [4.78, 5) is 10.4. The molecule has 1 saturated heterocycles. The van der Waals surface area contributed by atoms with Crippen LogP contribution in [0, 0.1) is 21.4 Å². The number of benzene rings is 1. The zero-order chi connectivity index (χ0) is 14.4. The van der Waals surface area contributed by atoms with Crippen LogP contribution in [-0.4, -0.2) is 24.1 Å². The summed E-state index contributed by atoms with van der Waals surface area (Å²) in [5.41, 5.74) is 0.266. The molecule has 1 aliphatic heterocycles. The van der Waals surface area contributed by atoms with Crippen molar-refractivity contribution in [3.05, 3.63) is 33.9 Å². The first-order valence-corrected chi connectivity index (χ1v) is 6.75. The summed E-state index contributed by atoms with van der Waals surface area (Å²) in [6, 6.07) is 6.54. The van der Waals surface area contributed by atoms with Crippen LogP contribution in [0.25, 0.3) is 0 Å². The van der Waals surface area contributed by atoms with E-state index in [4.69, 9.17) is 10.00 Å². The minimum Gasteiger partial charge on any atom is -0.487 e. The van der Waals surface area contributed by atoms with E-state index in [-0.39, 0.29) is 11.4 Å². The normalized spacial score (nSPS) is 18.2. The number of nitrogens with zero attached hydrogens (tertiary/aromatic N) is 2. The molecule has 0 aromatic heterocycles. The van der Waals surface area contributed by atoms with Gasteiger partial charge in [0.05, 0.1) is 23.2 Å². The second-order valence-electron chi connectivity index (χ2n) is 4.84. The van der Waals surface area contributed by atoms with Gasteiger partial charge < -0.3 is 10.1 Å². The highest BCUT2D eigenvalue weighted by Crippen LogP contribution is 2.28. The molecule has 0 bridgehead atoms. The molecule has 1 aromatic carbocycles. The van der Waals surface area contributed by atoms with Crippen molar-refractivity contribution in [3.63, 3.8) is 0 Å². The number of nitrogens with one attached hydrogen (secondary N) is 1. The van der Waals surface area contributed by atoms with Crippen molar-refractivity contribution in [3.8, 4) is 11.8 Å². The summed E-state index contributed by atoms with van der Waals surface area (Å²) < 4.78 is 5.51. The molecule has 20 heavy (non-hydrogen) atoms. The Balaban J connectivity index is 1.96. The first kappa shape index (κ1) is 14.3. The fourth-order valence-electron chi connectivity index (χ4n) is 2.33. The maximum absolute atomic E-state index is 10.9. The van der Waals surface area contributed by atoms with E-state index in [2.05, 4.69) is 5.32 Å². The molecule has 0 aliphatic carbocycles. The number of nitriles is 1. The van der Waals surface area contributed by atoms with Crippen LogP contribution in [0.15, 0.2) is 18.2 Å². The van der Waals surface area contributed by atoms with Gasteiger partial charge in [-0.05, 0) is 31.9 Å². The van der Waals surface area contributed by atoms with E-state index in [9.17, 15) is 10.1 Å². The highest BCUT2D eigenvalue weighted by Gasteiger charge is 2.17. The number of ether oxygens (including phenoxy) is 1. The molecule has 2 rings (SSSR count). The Bertz CT molecular complexity index is 519. The van der Waals surface area contributed by atoms with Crippen molar-refractivity contribution in [2.45, 2.75) is 31.7 Å². The predicted molar refractivity (Wildman–Crippen MR) is 73.6 cm³/mol. The van der Waals surface area contributed by atoms with Crippen molar-refractivity contribution in [2.24, 2.45) is 0 Å². The Hall–Kier alpha value is -2.13. The maximum atomic E-state index is 10.9. The largest absolute Gasteiger partial charge is 0.487 e. The number of hydrogen-bond donors (Lipinski definition) is 1. The van der Waals surface area contributed by atoms with Crippen LogP contribution in [0.4, 0.5) is 5.69 Å². The second-order valence-corrected chi connectivity index (χ2v) is 4.84. The standard InChI is InChI=1S/C14H17N3O3/c15-10-11-4-5-13(17(18)19)14(9-11)20-8-6-12-3-1-2-7-16-12/h4-5,9,12,16H,1-3,6-8H2. The summed E-state index contributed by atoms with van der Waals surface area (Å²) in [5.74, 6) is 0.171. The molecule has 1 aliphatic rings. The second kappa shape index (κ2) is 6.87. The van der Waals surface area contributed by atoms with Gasteiger partial charge in [0.25, 0.3) is 0 Å². The summed E-state index contributed by atoms with van der Waals surface area (Å²) in [7, 11) is 0. The van der Waals surface area contributed by atoms with Crippen molar-refractivity contribution in [1.29, 1.82) is 5.26 Å². The highest BCUT2D eigenvalue weighted by atomic mass is 16.6. The third kappa shape index (κ3) is 3.68. The molecule has 0 spiro atoms. The summed E-state index contributed by atoms with van der Waals surface area (Å²) in [5, 5.41) is 23.2. The summed E-state index contributed by atoms with van der Waals surface area (Å²) >= 11 is 0. The summed E-state index contributed by atoms with van der Waals surface area (Å²) in [6.45, 7) is 1.43. The van der Waals surface area contributed by atoms with Crippen LogP contribution in [-0.2, 0) is 0 Å². The average Bonchev–Trinajstić information content (AvgIpc) is 2.48. The lowest BCUT2D eigenvalue weighted by Crippen LogP contribution is -2.35. The zero-order valence-electron chi connectivity index (χ0n) is 11.2. The fourth-order valence-corrected chi connectivity index (χ4v) is 2.33. The average molecular weight is 275 g/mol. The van der Waals surface area contributed by atoms with Gasteiger partial charge in [-0.25, -0.2) is 0 Å². The monoisotopic (exact) mass is 275 g/mol. The lowest BCUT2D eigenvalue weighted by molar-refractivity contribution is -0.385. The first-order chi connectivity index (χ1) is 9.70. The minimum absolute atomic E-state index is 0.0967. The highest BCUT2D eigenvalue weighted by molar-refractivity contribution is 5.51. The molecular formula is C14H17N3O3. The predicted octanol–water partition coefficient (Wildman–Crippen LogP) is 2.38. The van der Waals surface area contributed by atoms with E-state index < -0.39 is 4.92 Å². The number of nitro benzene ring substituents is 1. The molecule has 106 valence electrons. The molecule has 6 nitrogen and oxygen atoms in total. The van der Waals surface area contributed by atoms with Gasteiger partial charge in [0, 0.05) is 18.2 Å². The Morgan fingerprint density at radius 3 is 3.00 bits per heavy atom. The van der Waals surface area contributed by atoms with Crippen LogP contribution in [0.2, 0.25) is 0 Å². The summed E-state index contributed by atoms with van der Waals surface area (Å²) in [6.07, 6.45) is 4.34. The first-order valence-electron chi connectivity index (χ1n) is 6.75. The van der Waals surface area contributed by atoms with Crippen molar-refractivity contribution in [1.82, 2.24) is 5.32 Å². The van der Waals surface area contributed by atoms with E-state index in [0.29, 0.717) is 18.2 Å². The number of nitro groups is 1. The Morgan fingerprint density at radius 2 is 2.35 bits per heavy atom. The lowest BCUT2D eigenvalue weighted by atomic mass is 10.0. The molecule has 0 amide bonds. The van der Waals surface area contributed by atoms with Gasteiger partial charge in [-0.2, -0.15) is 5.26 Å². The van der Waals surface area contributed by atoms with E-state index in [1.165, 1.54) is 31.0 Å². The van der Waals surface area contributed by atoms with Crippen molar-refractivity contribution < 1.29 is 9.66 Å². The van der Waals surface area contributed by atoms with Gasteiger partial charge in [-0.15, -0.1) is 0 Å². The zero-order valence-corrected chi connectivity index (χ0v) is 11.2. The van der Waals surface area contributed by atoms with E-state index in [1.807, 2.05) is 6.07 Å². The Kier molecular flexibility index (Phi) is 4.91. The Labute approximate surface area is 117 Å². The Morgan fingerprint density at radius 1 is 1.50 bits per heavy atom. The molecule has 1 N–H and O–H groups in total. The smallest absolute Gasteiger partial charge is 0.311 e. The van der Waals surface area contributed by atoms with Crippen LogP contribution < -0.4 is 10.1 Å².